The molecular formula is C10H8S3. The van der Waals surface area contributed by atoms with Crippen LogP contribution in [0.3, 0.4) is 0 Å². The maximum absolute atomic E-state index is 2.24. The molecule has 0 aliphatic carbocycles. The number of thiophene rings is 3. The summed E-state index contributed by atoms with van der Waals surface area (Å²) in [5.41, 5.74) is 1.48. The summed E-state index contributed by atoms with van der Waals surface area (Å²) in [4.78, 5) is 1.47. The lowest BCUT2D eigenvalue weighted by molar-refractivity contribution is 1.48. The van der Waals surface area contributed by atoms with Crippen LogP contribution in [0.1, 0.15) is 10.4 Å². The Labute approximate surface area is 88.4 Å². The van der Waals surface area contributed by atoms with Crippen molar-refractivity contribution in [1.82, 2.24) is 0 Å². The number of hydrogen-bond donors (Lipinski definition) is 0. The van der Waals surface area contributed by atoms with Gasteiger partial charge in [0.1, 0.15) is 0 Å². The van der Waals surface area contributed by atoms with Crippen LogP contribution in [0.4, 0.5) is 0 Å². The lowest BCUT2D eigenvalue weighted by Gasteiger charge is -1.84. The minimum Gasteiger partial charge on any atom is -0.139 e. The van der Waals surface area contributed by atoms with E-state index in [0.29, 0.717) is 0 Å². The van der Waals surface area contributed by atoms with E-state index in [-0.39, 0.29) is 0 Å². The van der Waals surface area contributed by atoms with Crippen LogP contribution in [0, 0.1) is 13.8 Å². The van der Waals surface area contributed by atoms with Crippen LogP contribution >= 0.6 is 34.0 Å². The van der Waals surface area contributed by atoms with Crippen molar-refractivity contribution in [2.75, 3.05) is 0 Å². The van der Waals surface area contributed by atoms with E-state index in [1.807, 2.05) is 34.0 Å². The molecule has 0 aliphatic rings. The van der Waals surface area contributed by atoms with Crippen LogP contribution in [0.2, 0.25) is 0 Å². The normalized spacial score (nSPS) is 11.8. The van der Waals surface area contributed by atoms with Gasteiger partial charge in [-0.1, -0.05) is 0 Å². The molecule has 0 radical (unpaired) electrons. The quantitative estimate of drug-likeness (QED) is 0.515. The van der Waals surface area contributed by atoms with Crippen LogP contribution in [0.25, 0.3) is 18.8 Å². The average molecular weight is 224 g/mol. The first-order valence-electron chi connectivity index (χ1n) is 4.13. The molecule has 3 rings (SSSR count). The molecule has 3 heterocycles. The molecule has 0 saturated carbocycles. The van der Waals surface area contributed by atoms with Crippen molar-refractivity contribution in [3.63, 3.8) is 0 Å². The zero-order valence-corrected chi connectivity index (χ0v) is 9.83. The van der Waals surface area contributed by atoms with Gasteiger partial charge in [-0.25, -0.2) is 0 Å². The van der Waals surface area contributed by atoms with Gasteiger partial charge in [0, 0.05) is 10.3 Å². The van der Waals surface area contributed by atoms with Crippen molar-refractivity contribution in [2.45, 2.75) is 13.8 Å². The molecule has 0 spiro atoms. The van der Waals surface area contributed by atoms with Crippen LogP contribution < -0.4 is 0 Å². The van der Waals surface area contributed by atoms with Crippen LogP contribution in [0.5, 0.6) is 0 Å². The average Bonchev–Trinajstić information content (AvgIpc) is 2.70. The van der Waals surface area contributed by atoms with Gasteiger partial charge in [-0.05, 0) is 30.9 Å². The van der Waals surface area contributed by atoms with Gasteiger partial charge in [0.05, 0.1) is 13.4 Å². The van der Waals surface area contributed by atoms with Crippen molar-refractivity contribution in [3.8, 4) is 0 Å². The minimum absolute atomic E-state index is 1.46. The van der Waals surface area contributed by atoms with E-state index in [2.05, 4.69) is 25.3 Å². The fourth-order valence-electron chi connectivity index (χ4n) is 1.54. The first-order valence-corrected chi connectivity index (χ1v) is 6.64. The lowest BCUT2D eigenvalue weighted by Crippen LogP contribution is -1.64. The zero-order chi connectivity index (χ0) is 9.00. The standard InChI is InChI=1S/C10H8S3/c1-5-6(2)12-9-7-3-4-11-10(7)13-8(5)9/h3-4H,1-2H3. The van der Waals surface area contributed by atoms with Crippen molar-refractivity contribution in [2.24, 2.45) is 0 Å². The maximum atomic E-state index is 2.24. The third-order valence-corrected chi connectivity index (χ3v) is 6.13. The van der Waals surface area contributed by atoms with E-state index < -0.39 is 0 Å². The Morgan fingerprint density at radius 2 is 1.92 bits per heavy atom. The number of aryl methyl sites for hydroxylation is 2. The Morgan fingerprint density at radius 1 is 1.08 bits per heavy atom. The monoisotopic (exact) mass is 224 g/mol. The Morgan fingerprint density at radius 3 is 2.77 bits per heavy atom. The van der Waals surface area contributed by atoms with Gasteiger partial charge >= 0.3 is 0 Å². The highest BCUT2D eigenvalue weighted by Crippen LogP contribution is 2.43. The second-order valence-corrected chi connectivity index (χ2v) is 6.59. The summed E-state index contributed by atoms with van der Waals surface area (Å²) < 4.78 is 4.48. The molecule has 0 aliphatic heterocycles. The Bertz CT molecular complexity index is 580. The molecule has 0 fully saturated rings. The number of hydrogen-bond acceptors (Lipinski definition) is 3. The fourth-order valence-corrected chi connectivity index (χ4v) is 5.28. The minimum atomic E-state index is 1.46. The Kier molecular flexibility index (Phi) is 1.57. The summed E-state index contributed by atoms with van der Waals surface area (Å²) in [5, 5.41) is 3.65. The summed E-state index contributed by atoms with van der Waals surface area (Å²) >= 11 is 5.74. The Balaban J connectivity index is 2.63. The largest absolute Gasteiger partial charge is 0.139 e. The highest BCUT2D eigenvalue weighted by molar-refractivity contribution is 7.43. The van der Waals surface area contributed by atoms with Gasteiger partial charge in [-0.15, -0.1) is 34.0 Å². The number of rotatable bonds is 0. The molecule has 0 N–H and O–H groups in total. The SMILES string of the molecule is Cc1sc2c(sc3sccc32)c1C. The summed E-state index contributed by atoms with van der Waals surface area (Å²) in [5.74, 6) is 0. The lowest BCUT2D eigenvalue weighted by atomic mass is 10.3. The predicted octanol–water partition coefficient (Wildman–Crippen LogP) is 4.79. The van der Waals surface area contributed by atoms with Crippen molar-refractivity contribution >= 4 is 52.8 Å². The predicted molar refractivity (Wildman–Crippen MR) is 64.6 cm³/mol. The molecule has 0 nitrogen and oxygen atoms in total. The van der Waals surface area contributed by atoms with Crippen LogP contribution in [-0.2, 0) is 0 Å². The van der Waals surface area contributed by atoms with E-state index in [1.165, 1.54) is 29.2 Å². The second kappa shape index (κ2) is 2.56. The smallest absolute Gasteiger partial charge is 0.0886 e. The third-order valence-electron chi connectivity index (χ3n) is 2.40. The van der Waals surface area contributed by atoms with Crippen LogP contribution in [0.15, 0.2) is 11.4 Å². The molecule has 66 valence electrons. The topological polar surface area (TPSA) is 0 Å². The molecule has 13 heavy (non-hydrogen) atoms. The second-order valence-electron chi connectivity index (χ2n) is 3.17. The molecule has 3 aromatic heterocycles. The fraction of sp³-hybridized carbons (Fsp3) is 0.200. The van der Waals surface area contributed by atoms with Crippen molar-refractivity contribution < 1.29 is 0 Å². The summed E-state index contributed by atoms with van der Waals surface area (Å²) in [6.07, 6.45) is 0. The molecule has 0 atom stereocenters. The van der Waals surface area contributed by atoms with Gasteiger partial charge in [0.2, 0.25) is 0 Å². The molecule has 0 saturated heterocycles. The molecule has 0 unspecified atom stereocenters. The van der Waals surface area contributed by atoms with Crippen molar-refractivity contribution in [1.29, 1.82) is 0 Å². The highest BCUT2D eigenvalue weighted by Gasteiger charge is 2.11. The van der Waals surface area contributed by atoms with Gasteiger partial charge < -0.3 is 0 Å². The van der Waals surface area contributed by atoms with E-state index in [1.54, 1.807) is 0 Å². The van der Waals surface area contributed by atoms with Gasteiger partial charge in [-0.2, -0.15) is 0 Å². The number of fused-ring (bicyclic) bond motifs is 3. The molecule has 3 aromatic rings. The van der Waals surface area contributed by atoms with E-state index in [4.69, 9.17) is 0 Å². The zero-order valence-electron chi connectivity index (χ0n) is 7.38. The molecule has 0 bridgehead atoms. The highest BCUT2D eigenvalue weighted by atomic mass is 32.2. The maximum Gasteiger partial charge on any atom is 0.0886 e. The van der Waals surface area contributed by atoms with Gasteiger partial charge in [-0.3, -0.25) is 0 Å². The molecule has 0 amide bonds. The first-order chi connectivity index (χ1) is 6.27. The third kappa shape index (κ3) is 0.951. The van der Waals surface area contributed by atoms with E-state index >= 15 is 0 Å². The van der Waals surface area contributed by atoms with Gasteiger partial charge in [0.25, 0.3) is 0 Å². The first kappa shape index (κ1) is 7.97. The molecule has 0 aromatic carbocycles. The van der Waals surface area contributed by atoms with E-state index in [0.717, 1.165) is 0 Å². The summed E-state index contributed by atoms with van der Waals surface area (Å²) in [7, 11) is 0. The molecule has 3 heteroatoms. The molecular weight excluding hydrogens is 216 g/mol. The van der Waals surface area contributed by atoms with E-state index in [9.17, 15) is 0 Å². The summed E-state index contributed by atoms with van der Waals surface area (Å²) in [6.45, 7) is 4.44. The van der Waals surface area contributed by atoms with Crippen LogP contribution in [-0.4, -0.2) is 0 Å². The van der Waals surface area contributed by atoms with Crippen molar-refractivity contribution in [3.05, 3.63) is 21.9 Å². The summed E-state index contributed by atoms with van der Waals surface area (Å²) in [6, 6.07) is 2.24. The Hall–Kier alpha value is -0.380. The van der Waals surface area contributed by atoms with Gasteiger partial charge in [0.15, 0.2) is 0 Å².